The van der Waals surface area contributed by atoms with Crippen molar-refractivity contribution in [2.75, 3.05) is 11.8 Å². The van der Waals surface area contributed by atoms with Crippen LogP contribution in [-0.4, -0.2) is 47.3 Å². The van der Waals surface area contributed by atoms with Crippen molar-refractivity contribution >= 4 is 43.2 Å². The minimum atomic E-state index is -5.08. The molecule has 3 heterocycles. The zero-order valence-corrected chi connectivity index (χ0v) is 22.6. The van der Waals surface area contributed by atoms with Gasteiger partial charge in [-0.15, -0.1) is 11.3 Å². The molecule has 3 aromatic heterocycles. The van der Waals surface area contributed by atoms with Crippen molar-refractivity contribution in [3.05, 3.63) is 53.4 Å². The summed E-state index contributed by atoms with van der Waals surface area (Å²) in [5.74, 6) is -1.78. The van der Waals surface area contributed by atoms with Crippen LogP contribution in [0.1, 0.15) is 30.3 Å². The van der Waals surface area contributed by atoms with Gasteiger partial charge in [-0.3, -0.25) is 4.72 Å². The molecule has 38 heavy (non-hydrogen) atoms. The van der Waals surface area contributed by atoms with E-state index in [1.54, 1.807) is 36.1 Å². The molecule has 0 bridgehead atoms. The third-order valence-corrected chi connectivity index (χ3v) is 7.78. The summed E-state index contributed by atoms with van der Waals surface area (Å²) in [6.45, 7) is 6.11. The lowest BCUT2D eigenvalue weighted by Crippen LogP contribution is -2.21. The van der Waals surface area contributed by atoms with E-state index in [1.165, 1.54) is 12.5 Å². The van der Waals surface area contributed by atoms with Crippen molar-refractivity contribution in [1.29, 1.82) is 0 Å². The van der Waals surface area contributed by atoms with Crippen LogP contribution in [0.3, 0.4) is 0 Å². The van der Waals surface area contributed by atoms with Crippen molar-refractivity contribution in [2.24, 2.45) is 7.05 Å². The first-order valence-corrected chi connectivity index (χ1v) is 13.3. The fraction of sp³-hybridized carbons (Fsp3) is 0.292. The second-order valence-electron chi connectivity index (χ2n) is 8.51. The number of thiophene rings is 1. The number of aliphatic carboxylic acids is 1. The van der Waals surface area contributed by atoms with Crippen molar-refractivity contribution in [1.82, 2.24) is 14.5 Å². The minimum Gasteiger partial charge on any atom is -0.497 e. The third-order valence-electron chi connectivity index (χ3n) is 5.14. The molecule has 0 saturated carbocycles. The molecule has 0 aliphatic rings. The van der Waals surface area contributed by atoms with Gasteiger partial charge in [-0.2, -0.15) is 21.6 Å². The van der Waals surface area contributed by atoms with Crippen LogP contribution in [0.25, 0.3) is 21.3 Å². The van der Waals surface area contributed by atoms with E-state index >= 15 is 0 Å². The van der Waals surface area contributed by atoms with Crippen molar-refractivity contribution in [2.45, 2.75) is 37.9 Å². The molecular formula is C24H25F3N4O5S2. The van der Waals surface area contributed by atoms with Crippen LogP contribution in [0.2, 0.25) is 0 Å². The van der Waals surface area contributed by atoms with Crippen molar-refractivity contribution in [3.63, 3.8) is 0 Å². The number of carbonyl (C=O) groups is 1. The van der Waals surface area contributed by atoms with Crippen LogP contribution in [0, 0.1) is 6.92 Å². The number of hydrogen-bond donors (Lipinski definition) is 2. The van der Waals surface area contributed by atoms with E-state index in [-0.39, 0.29) is 10.9 Å². The number of hydrogen-bond acceptors (Lipinski definition) is 7. The number of carboxylic acid groups (broad SMARTS) is 1. The summed E-state index contributed by atoms with van der Waals surface area (Å²) in [7, 11) is -0.491. The molecule has 4 rings (SSSR count). The van der Waals surface area contributed by atoms with Gasteiger partial charge in [0.1, 0.15) is 10.6 Å². The fourth-order valence-electron chi connectivity index (χ4n) is 3.52. The standard InChI is InChI=1S/C22H24N4O3S2.C2HF3O2/c1-13(2)21-19(15-7-6-8-16(10-15)29-5)20-17(9-14(3)24-22(20)30-21)25-31(27,28)18-11-26(4)12-23-18;3-2(4,5)1(6)7/h6-13H,1-5H3,(H,24,25);(H,6,7). The lowest BCUT2D eigenvalue weighted by Gasteiger charge is -2.13. The highest BCUT2D eigenvalue weighted by Gasteiger charge is 2.38. The zero-order chi connectivity index (χ0) is 28.4. The van der Waals surface area contributed by atoms with E-state index in [2.05, 4.69) is 23.6 Å². The summed E-state index contributed by atoms with van der Waals surface area (Å²) < 4.78 is 67.6. The number of alkyl halides is 3. The minimum absolute atomic E-state index is 0.0279. The first kappa shape index (κ1) is 28.9. The number of methoxy groups -OCH3 is 1. The lowest BCUT2D eigenvalue weighted by atomic mass is 9.97. The van der Waals surface area contributed by atoms with Gasteiger partial charge in [0.2, 0.25) is 0 Å². The Morgan fingerprint density at radius 2 is 1.89 bits per heavy atom. The summed E-state index contributed by atoms with van der Waals surface area (Å²) in [5.41, 5.74) is 3.16. The molecule has 204 valence electrons. The second kappa shape index (κ2) is 11.0. The molecule has 0 spiro atoms. The predicted molar refractivity (Wildman–Crippen MR) is 138 cm³/mol. The number of aryl methyl sites for hydroxylation is 2. The smallest absolute Gasteiger partial charge is 0.490 e. The number of fused-ring (bicyclic) bond motifs is 1. The van der Waals surface area contributed by atoms with Crippen molar-refractivity contribution < 1.29 is 36.2 Å². The van der Waals surface area contributed by atoms with Crippen LogP contribution in [0.15, 0.2) is 47.9 Å². The van der Waals surface area contributed by atoms with Crippen LogP contribution in [-0.2, 0) is 21.9 Å². The molecule has 2 N–H and O–H groups in total. The van der Waals surface area contributed by atoms with Gasteiger partial charge in [-0.05, 0) is 36.6 Å². The summed E-state index contributed by atoms with van der Waals surface area (Å²) in [6, 6.07) is 9.56. The average Bonchev–Trinajstić information content (AvgIpc) is 3.43. The molecule has 4 aromatic rings. The summed E-state index contributed by atoms with van der Waals surface area (Å²) in [6.07, 6.45) is -2.14. The number of nitrogens with zero attached hydrogens (tertiary/aromatic N) is 3. The van der Waals surface area contributed by atoms with Crippen LogP contribution in [0.5, 0.6) is 5.75 Å². The van der Waals surface area contributed by atoms with E-state index < -0.39 is 22.2 Å². The van der Waals surface area contributed by atoms with E-state index in [4.69, 9.17) is 19.6 Å². The van der Waals surface area contributed by atoms with Gasteiger partial charge in [0.05, 0.1) is 19.1 Å². The van der Waals surface area contributed by atoms with Gasteiger partial charge in [0.15, 0.2) is 5.03 Å². The Labute approximate surface area is 221 Å². The molecule has 0 aliphatic heterocycles. The normalized spacial score (nSPS) is 11.8. The Morgan fingerprint density at radius 3 is 2.42 bits per heavy atom. The van der Waals surface area contributed by atoms with Crippen molar-refractivity contribution in [3.8, 4) is 16.9 Å². The fourth-order valence-corrected chi connectivity index (χ4v) is 5.83. The molecule has 1 aromatic carbocycles. The number of aromatic nitrogens is 3. The number of nitrogens with one attached hydrogen (secondary N) is 1. The molecule has 0 aliphatic carbocycles. The summed E-state index contributed by atoms with van der Waals surface area (Å²) >= 11 is 1.59. The lowest BCUT2D eigenvalue weighted by molar-refractivity contribution is -0.192. The Kier molecular flexibility index (Phi) is 8.36. The monoisotopic (exact) mass is 570 g/mol. The molecule has 0 unspecified atom stereocenters. The maximum atomic E-state index is 13.0. The Hall–Kier alpha value is -3.65. The highest BCUT2D eigenvalue weighted by molar-refractivity contribution is 7.92. The van der Waals surface area contributed by atoms with Gasteiger partial charge >= 0.3 is 12.1 Å². The molecular weight excluding hydrogens is 545 g/mol. The number of anilines is 1. The number of sulfonamides is 1. The Balaban J connectivity index is 0.000000505. The number of halogens is 3. The molecule has 14 heteroatoms. The second-order valence-corrected chi connectivity index (χ2v) is 11.2. The first-order valence-electron chi connectivity index (χ1n) is 11.0. The third kappa shape index (κ3) is 6.42. The SMILES string of the molecule is COc1cccc(-c2c(C(C)C)sc3nc(C)cc(NS(=O)(=O)c4cn(C)cn4)c23)c1.O=C(O)C(F)(F)F. The topological polar surface area (TPSA) is 123 Å². The number of carboxylic acids is 1. The summed E-state index contributed by atoms with van der Waals surface area (Å²) in [4.78, 5) is 19.5. The van der Waals surface area contributed by atoms with E-state index in [9.17, 15) is 21.6 Å². The predicted octanol–water partition coefficient (Wildman–Crippen LogP) is 5.57. The number of rotatable bonds is 6. The maximum absolute atomic E-state index is 13.0. The first-order chi connectivity index (χ1) is 17.6. The summed E-state index contributed by atoms with van der Waals surface area (Å²) in [5, 5.41) is 7.88. The average molecular weight is 571 g/mol. The van der Waals surface area contributed by atoms with E-state index in [0.29, 0.717) is 5.69 Å². The van der Waals surface area contributed by atoms with E-state index in [0.717, 1.165) is 37.7 Å². The maximum Gasteiger partial charge on any atom is 0.490 e. The van der Waals surface area contributed by atoms with Gasteiger partial charge < -0.3 is 14.4 Å². The highest BCUT2D eigenvalue weighted by atomic mass is 32.2. The largest absolute Gasteiger partial charge is 0.497 e. The molecule has 0 atom stereocenters. The molecule has 0 radical (unpaired) electrons. The Bertz CT molecular complexity index is 1580. The Morgan fingerprint density at radius 1 is 1.24 bits per heavy atom. The van der Waals surface area contributed by atoms with Crippen LogP contribution < -0.4 is 9.46 Å². The highest BCUT2D eigenvalue weighted by Crippen LogP contribution is 2.46. The zero-order valence-electron chi connectivity index (χ0n) is 21.0. The van der Waals surface area contributed by atoms with Gasteiger partial charge in [0.25, 0.3) is 10.0 Å². The molecule has 9 nitrogen and oxygen atoms in total. The molecule has 0 fully saturated rings. The molecule has 0 amide bonds. The van der Waals surface area contributed by atoms with Crippen LogP contribution >= 0.6 is 11.3 Å². The van der Waals surface area contributed by atoms with Gasteiger partial charge in [-0.25, -0.2) is 14.8 Å². The molecule has 0 saturated heterocycles. The number of imidazole rings is 1. The van der Waals surface area contributed by atoms with Gasteiger partial charge in [-0.1, -0.05) is 26.0 Å². The quantitative estimate of drug-likeness (QED) is 0.311. The van der Waals surface area contributed by atoms with E-state index in [1.807, 2.05) is 31.2 Å². The number of pyridine rings is 1. The van der Waals surface area contributed by atoms with Crippen LogP contribution in [0.4, 0.5) is 18.9 Å². The number of benzene rings is 1. The van der Waals surface area contributed by atoms with Gasteiger partial charge in [0, 0.05) is 34.8 Å². The number of ether oxygens (including phenoxy) is 1.